The van der Waals surface area contributed by atoms with E-state index in [1.54, 1.807) is 13.1 Å². The van der Waals surface area contributed by atoms with E-state index in [0.717, 1.165) is 23.3 Å². The van der Waals surface area contributed by atoms with Gasteiger partial charge in [-0.05, 0) is 42.6 Å². The fourth-order valence-electron chi connectivity index (χ4n) is 3.55. The molecule has 3 aromatic heterocycles. The number of imidazole rings is 1. The van der Waals surface area contributed by atoms with Crippen molar-refractivity contribution in [1.82, 2.24) is 24.4 Å². The highest BCUT2D eigenvalue weighted by Crippen LogP contribution is 2.40. The quantitative estimate of drug-likeness (QED) is 0.686. The predicted octanol–water partition coefficient (Wildman–Crippen LogP) is 3.11. The Morgan fingerprint density at radius 2 is 2.11 bits per heavy atom. The van der Waals surface area contributed by atoms with Crippen LogP contribution in [0.4, 0.5) is 5.82 Å². The number of aromatic nitrogens is 4. The van der Waals surface area contributed by atoms with Gasteiger partial charge in [0, 0.05) is 18.6 Å². The van der Waals surface area contributed by atoms with Crippen LogP contribution in [0, 0.1) is 6.92 Å². The van der Waals surface area contributed by atoms with Crippen LogP contribution in [0.5, 0.6) is 0 Å². The second-order valence-corrected chi connectivity index (χ2v) is 8.31. The number of fused-ring (bicyclic) bond motifs is 2. The van der Waals surface area contributed by atoms with Crippen LogP contribution >= 0.6 is 15.9 Å². The van der Waals surface area contributed by atoms with Gasteiger partial charge in [-0.2, -0.15) is 0 Å². The van der Waals surface area contributed by atoms with Gasteiger partial charge in [0.15, 0.2) is 0 Å². The topological polar surface area (TPSA) is 89.1 Å². The predicted molar refractivity (Wildman–Crippen MR) is 102 cm³/mol. The van der Waals surface area contributed by atoms with E-state index in [4.69, 9.17) is 4.42 Å². The van der Waals surface area contributed by atoms with Crippen molar-refractivity contribution < 1.29 is 9.21 Å². The van der Waals surface area contributed by atoms with Crippen molar-refractivity contribution in [2.24, 2.45) is 0 Å². The lowest BCUT2D eigenvalue weighted by Gasteiger charge is -2.28. The number of nitrogens with zero attached hydrogens (tertiary/aromatic N) is 5. The van der Waals surface area contributed by atoms with Gasteiger partial charge in [0.25, 0.3) is 5.91 Å². The van der Waals surface area contributed by atoms with Gasteiger partial charge < -0.3 is 19.2 Å². The summed E-state index contributed by atoms with van der Waals surface area (Å²) in [4.78, 5) is 28.2. The van der Waals surface area contributed by atoms with Crippen molar-refractivity contribution in [3.8, 4) is 0 Å². The summed E-state index contributed by atoms with van der Waals surface area (Å²) in [6.07, 6.45) is 5.42. The summed E-state index contributed by atoms with van der Waals surface area (Å²) >= 11 is 3.49. The lowest BCUT2D eigenvalue weighted by molar-refractivity contribution is 0.0706. The minimum absolute atomic E-state index is 0.0366. The van der Waals surface area contributed by atoms with E-state index >= 15 is 0 Å². The molecule has 8 nitrogen and oxygen atoms in total. The average molecular weight is 431 g/mol. The highest BCUT2D eigenvalue weighted by Gasteiger charge is 2.39. The first kappa shape index (κ1) is 16.7. The Morgan fingerprint density at radius 3 is 2.89 bits per heavy atom. The molecule has 27 heavy (non-hydrogen) atoms. The number of nitrogens with one attached hydrogen (secondary N) is 1. The highest BCUT2D eigenvalue weighted by atomic mass is 79.9. The molecular weight excluding hydrogens is 412 g/mol. The molecule has 0 saturated heterocycles. The van der Waals surface area contributed by atoms with Gasteiger partial charge in [0.05, 0.1) is 23.7 Å². The first-order chi connectivity index (χ1) is 13.0. The zero-order valence-electron chi connectivity index (χ0n) is 15.1. The highest BCUT2D eigenvalue weighted by molar-refractivity contribution is 9.10. The number of furan rings is 1. The van der Waals surface area contributed by atoms with Crippen LogP contribution in [-0.2, 0) is 13.1 Å². The number of halogens is 1. The molecule has 0 atom stereocenters. The summed E-state index contributed by atoms with van der Waals surface area (Å²) in [6.45, 7) is 5.73. The molecule has 4 heterocycles. The largest absolute Gasteiger partial charge is 0.442 e. The summed E-state index contributed by atoms with van der Waals surface area (Å²) < 4.78 is 8.81. The summed E-state index contributed by atoms with van der Waals surface area (Å²) in [5.41, 5.74) is 1.02. The van der Waals surface area contributed by atoms with Gasteiger partial charge >= 0.3 is 0 Å². The van der Waals surface area contributed by atoms with Gasteiger partial charge in [0.2, 0.25) is 5.71 Å². The van der Waals surface area contributed by atoms with Crippen LogP contribution in [0.25, 0.3) is 11.1 Å². The van der Waals surface area contributed by atoms with Crippen molar-refractivity contribution in [3.05, 3.63) is 34.3 Å². The van der Waals surface area contributed by atoms with E-state index in [1.807, 2.05) is 4.90 Å². The third-order valence-electron chi connectivity index (χ3n) is 5.40. The molecule has 9 heteroatoms. The molecule has 5 rings (SSSR count). The Morgan fingerprint density at radius 1 is 1.30 bits per heavy atom. The average Bonchev–Trinajstić information content (AvgIpc) is 3.10. The molecule has 3 aromatic rings. The summed E-state index contributed by atoms with van der Waals surface area (Å²) in [5, 5.41) is 4.13. The van der Waals surface area contributed by atoms with E-state index in [0.29, 0.717) is 47.9 Å². The molecule has 2 aliphatic rings. The Hall–Kier alpha value is -2.42. The molecule has 0 bridgehead atoms. The maximum Gasteiger partial charge on any atom is 0.258 e. The van der Waals surface area contributed by atoms with Crippen LogP contribution in [0.15, 0.2) is 21.5 Å². The van der Waals surface area contributed by atoms with Crippen molar-refractivity contribution in [2.45, 2.75) is 45.3 Å². The molecule has 0 aromatic carbocycles. The van der Waals surface area contributed by atoms with E-state index < -0.39 is 0 Å². The number of hydrogen-bond donors (Lipinski definition) is 1. The molecule has 0 unspecified atom stereocenters. The number of rotatable bonds is 3. The first-order valence-electron chi connectivity index (χ1n) is 8.97. The van der Waals surface area contributed by atoms with E-state index in [1.165, 1.54) is 6.33 Å². The molecule has 1 fully saturated rings. The second-order valence-electron chi connectivity index (χ2n) is 7.50. The Bertz CT molecular complexity index is 1070. The van der Waals surface area contributed by atoms with E-state index in [-0.39, 0.29) is 11.4 Å². The van der Waals surface area contributed by atoms with E-state index in [2.05, 4.69) is 47.7 Å². The second kappa shape index (κ2) is 5.79. The number of anilines is 1. The van der Waals surface area contributed by atoms with Crippen LogP contribution < -0.4 is 5.32 Å². The fourth-order valence-corrected chi connectivity index (χ4v) is 4.03. The van der Waals surface area contributed by atoms with E-state index in [9.17, 15) is 4.79 Å². The molecular formula is C18H19BrN6O2. The molecule has 1 aliphatic carbocycles. The molecule has 140 valence electrons. The van der Waals surface area contributed by atoms with Gasteiger partial charge in [0.1, 0.15) is 28.3 Å². The number of amides is 1. The van der Waals surface area contributed by atoms with Gasteiger partial charge in [-0.1, -0.05) is 0 Å². The smallest absolute Gasteiger partial charge is 0.258 e. The standard InChI is InChI=1S/C18H19BrN6O2/c1-10-13(17(26)24-5-6-25-11(19)7-20-12(25)8-24)14-15(23-18(2)3-4-18)21-9-22-16(14)27-10/h7,9H,3-6,8H2,1-2H3,(H,21,22,23). The third-order valence-corrected chi connectivity index (χ3v) is 6.03. The maximum absolute atomic E-state index is 13.4. The van der Waals surface area contributed by atoms with Crippen molar-refractivity contribution in [2.75, 3.05) is 11.9 Å². The SMILES string of the molecule is Cc1oc2ncnc(NC3(C)CC3)c2c1C(=O)N1CCn2c(Br)cnc2C1. The fraction of sp³-hybridized carbons (Fsp3) is 0.444. The Balaban J connectivity index is 1.54. The first-order valence-corrected chi connectivity index (χ1v) is 9.76. The van der Waals surface area contributed by atoms with Crippen LogP contribution in [0.3, 0.4) is 0 Å². The zero-order chi connectivity index (χ0) is 18.8. The number of aryl methyl sites for hydroxylation is 1. The minimum atomic E-state index is -0.0737. The van der Waals surface area contributed by atoms with Crippen LogP contribution in [0.2, 0.25) is 0 Å². The van der Waals surface area contributed by atoms with Gasteiger partial charge in [-0.3, -0.25) is 4.79 Å². The Labute approximate surface area is 164 Å². The molecule has 1 aliphatic heterocycles. The normalized spacial score (nSPS) is 17.8. The lowest BCUT2D eigenvalue weighted by Crippen LogP contribution is -2.38. The summed E-state index contributed by atoms with van der Waals surface area (Å²) in [6, 6.07) is 0. The molecule has 1 saturated carbocycles. The van der Waals surface area contributed by atoms with Crippen molar-refractivity contribution in [1.29, 1.82) is 0 Å². The van der Waals surface area contributed by atoms with Gasteiger partial charge in [-0.15, -0.1) is 0 Å². The number of carbonyl (C=O) groups excluding carboxylic acids is 1. The maximum atomic E-state index is 13.4. The summed E-state index contributed by atoms with van der Waals surface area (Å²) in [7, 11) is 0. The monoisotopic (exact) mass is 430 g/mol. The van der Waals surface area contributed by atoms with Crippen molar-refractivity contribution >= 4 is 38.8 Å². The number of hydrogen-bond acceptors (Lipinski definition) is 6. The van der Waals surface area contributed by atoms with Gasteiger partial charge in [-0.25, -0.2) is 15.0 Å². The van der Waals surface area contributed by atoms with Crippen LogP contribution in [0.1, 0.15) is 41.7 Å². The summed E-state index contributed by atoms with van der Waals surface area (Å²) in [5.74, 6) is 2.03. The van der Waals surface area contributed by atoms with Crippen LogP contribution in [-0.4, -0.2) is 42.4 Å². The van der Waals surface area contributed by atoms with Crippen molar-refractivity contribution in [3.63, 3.8) is 0 Å². The number of carbonyl (C=O) groups is 1. The lowest BCUT2D eigenvalue weighted by atomic mass is 10.1. The molecule has 0 radical (unpaired) electrons. The third kappa shape index (κ3) is 2.72. The molecule has 0 spiro atoms. The molecule has 1 N–H and O–H groups in total. The Kier molecular flexibility index (Phi) is 3.59. The zero-order valence-corrected chi connectivity index (χ0v) is 16.7. The molecule has 1 amide bonds. The minimum Gasteiger partial charge on any atom is -0.442 e.